The van der Waals surface area contributed by atoms with E-state index in [2.05, 4.69) is 35.9 Å². The van der Waals surface area contributed by atoms with E-state index < -0.39 is 0 Å². The van der Waals surface area contributed by atoms with Gasteiger partial charge in [0.05, 0.1) is 5.56 Å². The number of ether oxygens (including phenoxy) is 1. The fraction of sp³-hybridized carbons (Fsp3) is 0.720. The average molecular weight is 365 g/mol. The Morgan fingerprint density at radius 2 is 1.67 bits per heavy atom. The number of hydrogen-bond donors (Lipinski definition) is 0. The first-order valence-corrected chi connectivity index (χ1v) is 11.6. The first-order valence-electron chi connectivity index (χ1n) is 11.6. The van der Waals surface area contributed by atoms with E-state index in [1.165, 1.54) is 75.5 Å². The standard InChI is InChI=1S/C25H34NO/c1-17-5-2-3-8-23(17)26-15-21-6-4-7-22(24(21)27-16-26)25-12-18-9-19(13-25)11-20(10-18)14-25/h4,6-7,15,17-20,23H,2-3,5,8-14,16H2,1H3/q+1. The molecule has 0 saturated heterocycles. The Balaban J connectivity index is 1.37. The zero-order valence-electron chi connectivity index (χ0n) is 16.8. The molecule has 27 heavy (non-hydrogen) atoms. The van der Waals surface area contributed by atoms with E-state index in [0.29, 0.717) is 11.5 Å². The normalized spacial score (nSPS) is 42.4. The van der Waals surface area contributed by atoms with Gasteiger partial charge in [0.15, 0.2) is 12.3 Å². The van der Waals surface area contributed by atoms with E-state index in [9.17, 15) is 0 Å². The van der Waals surface area contributed by atoms with Crippen LogP contribution in [0.25, 0.3) is 0 Å². The van der Waals surface area contributed by atoms with Gasteiger partial charge in [-0.2, -0.15) is 4.58 Å². The van der Waals surface area contributed by atoms with Crippen LogP contribution in [0.5, 0.6) is 5.75 Å². The summed E-state index contributed by atoms with van der Waals surface area (Å²) in [6.07, 6.45) is 16.7. The average Bonchev–Trinajstić information content (AvgIpc) is 2.66. The van der Waals surface area contributed by atoms with Gasteiger partial charge in [-0.05, 0) is 80.6 Å². The zero-order chi connectivity index (χ0) is 18.0. The van der Waals surface area contributed by atoms with Gasteiger partial charge in [-0.15, -0.1) is 0 Å². The number of rotatable bonds is 2. The SMILES string of the molecule is CC1CCCCC1[N+]1=Cc2cccc(C34CC5CC(CC(C5)C3)C4)c2OC1. The van der Waals surface area contributed by atoms with E-state index in [1.54, 1.807) is 5.56 Å². The third-order valence-corrected chi connectivity index (χ3v) is 8.81. The van der Waals surface area contributed by atoms with Gasteiger partial charge in [0.2, 0.25) is 0 Å². The summed E-state index contributed by atoms with van der Waals surface area (Å²) in [6.45, 7) is 3.18. The van der Waals surface area contributed by atoms with Crippen LogP contribution in [-0.2, 0) is 5.41 Å². The first-order chi connectivity index (χ1) is 13.2. The Labute approximate surface area is 164 Å². The highest BCUT2D eigenvalue weighted by molar-refractivity contribution is 5.82. The second-order valence-corrected chi connectivity index (χ2v) is 10.7. The lowest BCUT2D eigenvalue weighted by Crippen LogP contribution is -2.49. The zero-order valence-corrected chi connectivity index (χ0v) is 16.8. The maximum Gasteiger partial charge on any atom is 0.287 e. The van der Waals surface area contributed by atoms with Gasteiger partial charge in [-0.1, -0.05) is 25.5 Å². The van der Waals surface area contributed by atoms with Gasteiger partial charge in [0.25, 0.3) is 6.73 Å². The highest BCUT2D eigenvalue weighted by Crippen LogP contribution is 2.62. The Kier molecular flexibility index (Phi) is 3.75. The van der Waals surface area contributed by atoms with Gasteiger partial charge in [0, 0.05) is 17.9 Å². The van der Waals surface area contributed by atoms with Gasteiger partial charge in [0.1, 0.15) is 5.75 Å². The number of hydrogen-bond acceptors (Lipinski definition) is 1. The third kappa shape index (κ3) is 2.62. The fourth-order valence-corrected chi connectivity index (χ4v) is 8.01. The lowest BCUT2D eigenvalue weighted by Gasteiger charge is -2.57. The summed E-state index contributed by atoms with van der Waals surface area (Å²) in [5.74, 6) is 4.98. The van der Waals surface area contributed by atoms with Crippen LogP contribution >= 0.6 is 0 Å². The van der Waals surface area contributed by atoms with Crippen LogP contribution in [0.1, 0.15) is 82.3 Å². The van der Waals surface area contributed by atoms with E-state index in [-0.39, 0.29) is 0 Å². The van der Waals surface area contributed by atoms with Crippen LogP contribution in [0.2, 0.25) is 0 Å². The van der Waals surface area contributed by atoms with Crippen molar-refractivity contribution in [3.05, 3.63) is 29.3 Å². The fourth-order valence-electron chi connectivity index (χ4n) is 8.01. The van der Waals surface area contributed by atoms with Gasteiger partial charge >= 0.3 is 0 Å². The molecule has 7 rings (SSSR count). The Morgan fingerprint density at radius 3 is 2.37 bits per heavy atom. The summed E-state index contributed by atoms with van der Waals surface area (Å²) >= 11 is 0. The largest absolute Gasteiger partial charge is 0.435 e. The molecule has 144 valence electrons. The quantitative estimate of drug-likeness (QED) is 0.630. The lowest BCUT2D eigenvalue weighted by atomic mass is 9.48. The van der Waals surface area contributed by atoms with Crippen LogP contribution in [0, 0.1) is 23.7 Å². The van der Waals surface area contributed by atoms with Crippen molar-refractivity contribution in [3.63, 3.8) is 0 Å². The van der Waals surface area contributed by atoms with Gasteiger partial charge in [-0.3, -0.25) is 0 Å². The highest BCUT2D eigenvalue weighted by Gasteiger charge is 2.53. The van der Waals surface area contributed by atoms with Crippen molar-refractivity contribution in [1.29, 1.82) is 0 Å². The van der Waals surface area contributed by atoms with Crippen molar-refractivity contribution in [1.82, 2.24) is 0 Å². The van der Waals surface area contributed by atoms with Crippen molar-refractivity contribution in [2.45, 2.75) is 82.6 Å². The molecule has 2 unspecified atom stereocenters. The van der Waals surface area contributed by atoms with Gasteiger partial charge in [-0.25, -0.2) is 0 Å². The summed E-state index contributed by atoms with van der Waals surface area (Å²) in [5.41, 5.74) is 3.33. The molecule has 0 amide bonds. The Morgan fingerprint density at radius 1 is 0.963 bits per heavy atom. The van der Waals surface area contributed by atoms with Crippen LogP contribution < -0.4 is 4.74 Å². The molecular formula is C25H34NO+. The molecule has 0 radical (unpaired) electrons. The van der Waals surface area contributed by atoms with E-state index in [1.807, 2.05) is 0 Å². The molecule has 0 N–H and O–H groups in total. The molecular weight excluding hydrogens is 330 g/mol. The first kappa shape index (κ1) is 16.6. The predicted octanol–water partition coefficient (Wildman–Crippen LogP) is 5.51. The molecule has 1 aliphatic heterocycles. The summed E-state index contributed by atoms with van der Waals surface area (Å²) in [5, 5.41) is 0. The minimum atomic E-state index is 0.425. The van der Waals surface area contributed by atoms with Crippen molar-refractivity contribution in [3.8, 4) is 5.75 Å². The van der Waals surface area contributed by atoms with Crippen molar-refractivity contribution >= 4 is 6.21 Å². The molecule has 5 fully saturated rings. The molecule has 4 bridgehead atoms. The van der Waals surface area contributed by atoms with Gasteiger partial charge < -0.3 is 4.74 Å². The van der Waals surface area contributed by atoms with Crippen LogP contribution in [0.3, 0.4) is 0 Å². The lowest BCUT2D eigenvalue weighted by molar-refractivity contribution is -0.601. The minimum Gasteiger partial charge on any atom is -0.435 e. The Hall–Kier alpha value is -1.31. The molecule has 0 aromatic heterocycles. The van der Waals surface area contributed by atoms with Crippen molar-refractivity contribution in [2.24, 2.45) is 23.7 Å². The molecule has 5 saturated carbocycles. The maximum absolute atomic E-state index is 6.55. The molecule has 2 atom stereocenters. The van der Waals surface area contributed by atoms with E-state index >= 15 is 0 Å². The van der Waals surface area contributed by atoms with Crippen LogP contribution in [-0.4, -0.2) is 23.6 Å². The van der Waals surface area contributed by atoms with E-state index in [0.717, 1.165) is 30.4 Å². The van der Waals surface area contributed by atoms with E-state index in [4.69, 9.17) is 4.74 Å². The monoisotopic (exact) mass is 364 g/mol. The molecule has 6 aliphatic rings. The number of fused-ring (bicyclic) bond motifs is 1. The molecule has 0 spiro atoms. The molecule has 1 heterocycles. The topological polar surface area (TPSA) is 12.2 Å². The summed E-state index contributed by atoms with van der Waals surface area (Å²) < 4.78 is 9.06. The number of benzene rings is 1. The maximum atomic E-state index is 6.55. The Bertz CT molecular complexity index is 743. The number of nitrogens with zero attached hydrogens (tertiary/aromatic N) is 1. The minimum absolute atomic E-state index is 0.425. The molecule has 1 aromatic carbocycles. The van der Waals surface area contributed by atoms with Crippen molar-refractivity contribution in [2.75, 3.05) is 6.73 Å². The predicted molar refractivity (Wildman–Crippen MR) is 109 cm³/mol. The number of para-hydroxylation sites is 1. The highest BCUT2D eigenvalue weighted by atomic mass is 16.5. The third-order valence-electron chi connectivity index (χ3n) is 8.81. The molecule has 5 aliphatic carbocycles. The summed E-state index contributed by atoms with van der Waals surface area (Å²) in [6, 6.07) is 7.67. The van der Waals surface area contributed by atoms with Crippen molar-refractivity contribution < 1.29 is 9.31 Å². The van der Waals surface area contributed by atoms with Crippen LogP contribution in [0.15, 0.2) is 18.2 Å². The smallest absolute Gasteiger partial charge is 0.287 e. The second kappa shape index (κ2) is 6.09. The molecule has 2 heteroatoms. The second-order valence-electron chi connectivity index (χ2n) is 10.7. The summed E-state index contributed by atoms with van der Waals surface area (Å²) in [4.78, 5) is 0. The summed E-state index contributed by atoms with van der Waals surface area (Å²) in [7, 11) is 0. The molecule has 1 aromatic rings. The van der Waals surface area contributed by atoms with Crippen LogP contribution in [0.4, 0.5) is 0 Å². The molecule has 2 nitrogen and oxygen atoms in total.